The van der Waals surface area contributed by atoms with Crippen LogP contribution in [0.2, 0.25) is 0 Å². The van der Waals surface area contributed by atoms with E-state index in [2.05, 4.69) is 36.4 Å². The second kappa shape index (κ2) is 7.58. The highest BCUT2D eigenvalue weighted by Gasteiger charge is 2.58. The first kappa shape index (κ1) is 18.0. The maximum Gasteiger partial charge on any atom is 0.191 e. The van der Waals surface area contributed by atoms with Gasteiger partial charge in [-0.2, -0.15) is 0 Å². The lowest BCUT2D eigenvalue weighted by Gasteiger charge is -2.60. The standard InChI is InChI=1S/C18H33N3O3/c1-12(10-24-13-7-9-22-11-13)20-17(19-4)21-15-14-6-5-8-23-16(14)18(15,2)3/h12-16H,5-11H2,1-4H3,(H2,19,20,21). The third-order valence-corrected chi connectivity index (χ3v) is 5.70. The van der Waals surface area contributed by atoms with Crippen molar-refractivity contribution in [1.82, 2.24) is 10.6 Å². The summed E-state index contributed by atoms with van der Waals surface area (Å²) in [7, 11) is 1.83. The summed E-state index contributed by atoms with van der Waals surface area (Å²) >= 11 is 0. The first-order valence-corrected chi connectivity index (χ1v) is 9.33. The van der Waals surface area contributed by atoms with Crippen LogP contribution in [0.4, 0.5) is 0 Å². The van der Waals surface area contributed by atoms with Crippen molar-refractivity contribution in [2.45, 2.75) is 64.3 Å². The van der Waals surface area contributed by atoms with Gasteiger partial charge in [-0.25, -0.2) is 0 Å². The van der Waals surface area contributed by atoms with Crippen LogP contribution >= 0.6 is 0 Å². The molecule has 5 unspecified atom stereocenters. The Bertz CT molecular complexity index is 449. The summed E-state index contributed by atoms with van der Waals surface area (Å²) in [6, 6.07) is 0.615. The summed E-state index contributed by atoms with van der Waals surface area (Å²) < 4.78 is 17.2. The highest BCUT2D eigenvalue weighted by Crippen LogP contribution is 2.51. The average Bonchev–Trinajstić information content (AvgIpc) is 3.10. The predicted molar refractivity (Wildman–Crippen MR) is 94.3 cm³/mol. The van der Waals surface area contributed by atoms with E-state index in [0.717, 1.165) is 38.6 Å². The van der Waals surface area contributed by atoms with Crippen molar-refractivity contribution in [3.05, 3.63) is 0 Å². The summed E-state index contributed by atoms with van der Waals surface area (Å²) in [5.41, 5.74) is 0.142. The molecule has 5 atom stereocenters. The van der Waals surface area contributed by atoms with Crippen LogP contribution in [0.15, 0.2) is 4.99 Å². The van der Waals surface area contributed by atoms with Gasteiger partial charge in [0.05, 0.1) is 25.4 Å². The zero-order valence-electron chi connectivity index (χ0n) is 15.5. The lowest BCUT2D eigenvalue weighted by atomic mass is 9.55. The number of nitrogens with one attached hydrogen (secondary N) is 2. The largest absolute Gasteiger partial charge is 0.379 e. The van der Waals surface area contributed by atoms with Crippen LogP contribution in [0.1, 0.15) is 40.0 Å². The number of ether oxygens (including phenoxy) is 3. The molecule has 0 bridgehead atoms. The summed E-state index contributed by atoms with van der Waals surface area (Å²) in [6.45, 7) is 9.81. The quantitative estimate of drug-likeness (QED) is 0.588. The van der Waals surface area contributed by atoms with E-state index in [9.17, 15) is 0 Å². The summed E-state index contributed by atoms with van der Waals surface area (Å²) in [6.07, 6.45) is 4.03. The Morgan fingerprint density at radius 1 is 1.33 bits per heavy atom. The van der Waals surface area contributed by atoms with Crippen molar-refractivity contribution in [2.24, 2.45) is 16.3 Å². The molecular formula is C18H33N3O3. The van der Waals surface area contributed by atoms with Crippen molar-refractivity contribution in [3.8, 4) is 0 Å². The third kappa shape index (κ3) is 3.70. The molecule has 1 aliphatic carbocycles. The van der Waals surface area contributed by atoms with Crippen LogP contribution in [0, 0.1) is 11.3 Å². The summed E-state index contributed by atoms with van der Waals surface area (Å²) in [4.78, 5) is 4.41. The molecule has 6 heteroatoms. The predicted octanol–water partition coefficient (Wildman–Crippen LogP) is 1.55. The molecule has 0 aromatic carbocycles. The molecule has 2 heterocycles. The Labute approximate surface area is 145 Å². The van der Waals surface area contributed by atoms with Crippen LogP contribution in [-0.4, -0.2) is 63.7 Å². The smallest absolute Gasteiger partial charge is 0.191 e. The minimum absolute atomic E-state index is 0.142. The number of hydrogen-bond acceptors (Lipinski definition) is 4. The Morgan fingerprint density at radius 2 is 2.17 bits per heavy atom. The molecular weight excluding hydrogens is 306 g/mol. The van der Waals surface area contributed by atoms with Crippen LogP contribution < -0.4 is 10.6 Å². The Balaban J connectivity index is 1.47. The molecule has 24 heavy (non-hydrogen) atoms. The van der Waals surface area contributed by atoms with Gasteiger partial charge in [-0.1, -0.05) is 13.8 Å². The van der Waals surface area contributed by atoms with Gasteiger partial charge in [0.2, 0.25) is 0 Å². The van der Waals surface area contributed by atoms with Crippen molar-refractivity contribution >= 4 is 5.96 Å². The van der Waals surface area contributed by atoms with E-state index >= 15 is 0 Å². The highest BCUT2D eigenvalue weighted by molar-refractivity contribution is 5.80. The van der Waals surface area contributed by atoms with Gasteiger partial charge in [-0.15, -0.1) is 0 Å². The van der Waals surface area contributed by atoms with Gasteiger partial charge in [0.1, 0.15) is 0 Å². The van der Waals surface area contributed by atoms with Crippen LogP contribution in [0.25, 0.3) is 0 Å². The SMILES string of the molecule is CN=C(NC(C)COC1CCOC1)NC1C2CCCOC2C1(C)C. The van der Waals surface area contributed by atoms with E-state index in [0.29, 0.717) is 24.7 Å². The first-order chi connectivity index (χ1) is 11.5. The van der Waals surface area contributed by atoms with Gasteiger partial charge in [0.15, 0.2) is 5.96 Å². The van der Waals surface area contributed by atoms with Gasteiger partial charge >= 0.3 is 0 Å². The Kier molecular flexibility index (Phi) is 5.67. The van der Waals surface area contributed by atoms with Gasteiger partial charge in [-0.3, -0.25) is 4.99 Å². The first-order valence-electron chi connectivity index (χ1n) is 9.33. The van der Waals surface area contributed by atoms with E-state index < -0.39 is 0 Å². The Hall–Kier alpha value is -0.850. The number of guanidine groups is 1. The van der Waals surface area contributed by atoms with Gasteiger partial charge in [-0.05, 0) is 26.2 Å². The molecule has 3 aliphatic rings. The van der Waals surface area contributed by atoms with E-state index in [4.69, 9.17) is 14.2 Å². The molecule has 2 N–H and O–H groups in total. The molecule has 1 saturated carbocycles. The van der Waals surface area contributed by atoms with Crippen molar-refractivity contribution in [1.29, 1.82) is 0 Å². The number of rotatable bonds is 5. The molecule has 2 aliphatic heterocycles. The highest BCUT2D eigenvalue weighted by atomic mass is 16.5. The minimum atomic E-state index is 0.142. The number of fused-ring (bicyclic) bond motifs is 1. The fourth-order valence-corrected chi connectivity index (χ4v) is 4.33. The van der Waals surface area contributed by atoms with E-state index in [1.165, 1.54) is 6.42 Å². The lowest BCUT2D eigenvalue weighted by Crippen LogP contribution is -2.71. The number of nitrogens with zero attached hydrogens (tertiary/aromatic N) is 1. The fourth-order valence-electron chi connectivity index (χ4n) is 4.33. The van der Waals surface area contributed by atoms with Crippen LogP contribution in [0.5, 0.6) is 0 Å². The fraction of sp³-hybridized carbons (Fsp3) is 0.944. The zero-order valence-corrected chi connectivity index (χ0v) is 15.5. The van der Waals surface area contributed by atoms with Crippen LogP contribution in [0.3, 0.4) is 0 Å². The van der Waals surface area contributed by atoms with Gasteiger partial charge in [0.25, 0.3) is 0 Å². The van der Waals surface area contributed by atoms with Gasteiger partial charge < -0.3 is 24.8 Å². The minimum Gasteiger partial charge on any atom is -0.379 e. The van der Waals surface area contributed by atoms with Crippen molar-refractivity contribution < 1.29 is 14.2 Å². The number of aliphatic imine (C=N–C) groups is 1. The molecule has 0 spiro atoms. The van der Waals surface area contributed by atoms with E-state index in [-0.39, 0.29) is 17.6 Å². The maximum absolute atomic E-state index is 5.98. The molecule has 0 aromatic heterocycles. The molecule has 0 aromatic rings. The van der Waals surface area contributed by atoms with E-state index in [1.54, 1.807) is 0 Å². The molecule has 0 radical (unpaired) electrons. The van der Waals surface area contributed by atoms with Crippen molar-refractivity contribution in [2.75, 3.05) is 33.5 Å². The van der Waals surface area contributed by atoms with E-state index in [1.807, 2.05) is 7.05 Å². The zero-order chi connectivity index (χ0) is 17.2. The van der Waals surface area contributed by atoms with Gasteiger partial charge in [0, 0.05) is 43.7 Å². The van der Waals surface area contributed by atoms with Crippen molar-refractivity contribution in [3.63, 3.8) is 0 Å². The topological polar surface area (TPSA) is 64.1 Å². The summed E-state index contributed by atoms with van der Waals surface area (Å²) in [5.74, 6) is 1.45. The second-order valence-corrected chi connectivity index (χ2v) is 7.98. The monoisotopic (exact) mass is 339 g/mol. The second-order valence-electron chi connectivity index (χ2n) is 7.98. The summed E-state index contributed by atoms with van der Waals surface area (Å²) in [5, 5.41) is 7.09. The third-order valence-electron chi connectivity index (χ3n) is 5.70. The van der Waals surface area contributed by atoms with Crippen LogP contribution in [-0.2, 0) is 14.2 Å². The number of hydrogen-bond donors (Lipinski definition) is 2. The Morgan fingerprint density at radius 3 is 2.88 bits per heavy atom. The lowest BCUT2D eigenvalue weighted by molar-refractivity contribution is -0.188. The maximum atomic E-state index is 5.98. The normalized spacial score (nSPS) is 36.6. The molecule has 138 valence electrons. The average molecular weight is 339 g/mol. The molecule has 2 saturated heterocycles. The molecule has 0 amide bonds. The molecule has 3 rings (SSSR count). The molecule has 3 fully saturated rings. The molecule has 6 nitrogen and oxygen atoms in total.